The summed E-state index contributed by atoms with van der Waals surface area (Å²) in [4.78, 5) is 20.7. The number of halogens is 1. The van der Waals surface area contributed by atoms with Crippen LogP contribution in [0.5, 0.6) is 0 Å². The molecule has 1 atom stereocenters. The number of aromatic nitrogens is 2. The van der Waals surface area contributed by atoms with Crippen LogP contribution in [0.15, 0.2) is 97.0 Å². The van der Waals surface area contributed by atoms with E-state index in [1.165, 1.54) is 74.1 Å². The van der Waals surface area contributed by atoms with E-state index in [0.717, 1.165) is 98.3 Å². The molecule has 1 unspecified atom stereocenters. The fraction of sp³-hybridized carbons (Fsp3) is 0.441. The van der Waals surface area contributed by atoms with Crippen LogP contribution in [0.3, 0.4) is 0 Å². The summed E-state index contributed by atoms with van der Waals surface area (Å²) >= 11 is 0. The number of hydrogen-bond acceptors (Lipinski definition) is 4. The van der Waals surface area contributed by atoms with E-state index in [1.807, 2.05) is 33.8 Å². The third-order valence-electron chi connectivity index (χ3n) is 13.3. The minimum atomic E-state index is -0.463. The van der Waals surface area contributed by atoms with Gasteiger partial charge in [0.15, 0.2) is 5.78 Å². The van der Waals surface area contributed by atoms with E-state index in [9.17, 15) is 14.3 Å². The molecule has 0 aliphatic heterocycles. The molecule has 2 aliphatic rings. The number of alkyl halides is 1. The van der Waals surface area contributed by atoms with E-state index in [1.54, 1.807) is 0 Å². The fourth-order valence-electron chi connectivity index (χ4n) is 9.85. The molecule has 2 fully saturated rings. The van der Waals surface area contributed by atoms with Crippen LogP contribution < -0.4 is 0 Å². The van der Waals surface area contributed by atoms with E-state index < -0.39 is 6.67 Å². The zero-order chi connectivity index (χ0) is 48.2. The van der Waals surface area contributed by atoms with Crippen LogP contribution in [0.4, 0.5) is 4.39 Å². The molecule has 6 heteroatoms. The molecular weight excluding hydrogens is 980 g/mol. The number of aliphatic hydroxyl groups excluding tert-OH is 1. The van der Waals surface area contributed by atoms with E-state index in [2.05, 4.69) is 104 Å². The Balaban J connectivity index is 0.000000196. The Bertz CT molecular complexity index is 2630. The summed E-state index contributed by atoms with van der Waals surface area (Å²) in [5.74, 6) is 1.36. The molecule has 0 spiro atoms. The van der Waals surface area contributed by atoms with Crippen molar-refractivity contribution >= 4 is 27.3 Å². The molecule has 2 aliphatic carbocycles. The number of carbonyl (C=O) groups is 1. The molecule has 65 heavy (non-hydrogen) atoms. The van der Waals surface area contributed by atoms with Crippen LogP contribution >= 0.6 is 0 Å². The van der Waals surface area contributed by atoms with Gasteiger partial charge < -0.3 is 15.1 Å². The molecular formula is C59H71FIrN2O2-2. The predicted molar refractivity (Wildman–Crippen MR) is 266 cm³/mol. The van der Waals surface area contributed by atoms with Gasteiger partial charge in [-0.2, -0.15) is 0 Å². The van der Waals surface area contributed by atoms with Gasteiger partial charge in [0, 0.05) is 50.4 Å². The second-order valence-corrected chi connectivity index (χ2v) is 18.5. The van der Waals surface area contributed by atoms with Crippen molar-refractivity contribution in [2.45, 2.75) is 138 Å². The van der Waals surface area contributed by atoms with Crippen LogP contribution in [-0.2, 0) is 37.7 Å². The van der Waals surface area contributed by atoms with Crippen LogP contribution in [-0.4, -0.2) is 27.5 Å². The number of ketones is 1. The van der Waals surface area contributed by atoms with Gasteiger partial charge >= 0.3 is 0 Å². The first-order valence-corrected chi connectivity index (χ1v) is 24.0. The number of allylic oxidation sites excluding steroid dienone is 2. The van der Waals surface area contributed by atoms with E-state index in [0.29, 0.717) is 12.6 Å². The van der Waals surface area contributed by atoms with Crippen molar-refractivity contribution in [3.8, 4) is 22.5 Å². The minimum absolute atomic E-state index is 0. The molecule has 0 amide bonds. The number of fused-ring (bicyclic) bond motifs is 2. The summed E-state index contributed by atoms with van der Waals surface area (Å²) in [5.41, 5.74) is 10.7. The first-order chi connectivity index (χ1) is 32.2. The van der Waals surface area contributed by atoms with Crippen molar-refractivity contribution in [2.24, 2.45) is 23.7 Å². The average molecular weight is 1050 g/mol. The van der Waals surface area contributed by atoms with Crippen molar-refractivity contribution in [1.29, 1.82) is 0 Å². The number of pyridine rings is 2. The number of aliphatic hydroxyl groups is 1. The Morgan fingerprint density at radius 2 is 1.18 bits per heavy atom. The summed E-state index contributed by atoms with van der Waals surface area (Å²) in [6.45, 7) is 13.6. The van der Waals surface area contributed by atoms with Gasteiger partial charge in [0.05, 0.1) is 16.5 Å². The molecule has 1 radical (unpaired) electrons. The third kappa shape index (κ3) is 14.5. The molecule has 4 nitrogen and oxygen atoms in total. The maximum Gasteiger partial charge on any atom is 0.162 e. The van der Waals surface area contributed by atoms with Gasteiger partial charge in [0.25, 0.3) is 0 Å². The number of carbonyl (C=O) groups excluding carboxylic acids is 1. The van der Waals surface area contributed by atoms with Crippen molar-refractivity contribution in [3.05, 3.63) is 142 Å². The number of rotatable bonds is 14. The molecule has 6 aromatic rings. The quantitative estimate of drug-likeness (QED) is 0.0671. The SMILES string of the molecule is CCC(CC)C(=O)/C=C(\O)C(CC)CCF.[2H]c1cc2cc(CC3CCCC3)ccc2c(-c2[c-]c(C)cc(C)c2)n1.[2H]c1nc(-c2[c-]c(C)cc(C)c2)c2ccc(CC3CCCC3)cc2c1[2H].[Ir]. The molecule has 0 bridgehead atoms. The Hall–Kier alpha value is -4.51. The summed E-state index contributed by atoms with van der Waals surface area (Å²) in [6, 6.07) is 30.4. The second kappa shape index (κ2) is 25.4. The zero-order valence-corrected chi connectivity index (χ0v) is 42.2. The molecule has 4 aromatic carbocycles. The summed E-state index contributed by atoms with van der Waals surface area (Å²) < 4.78 is 36.9. The van der Waals surface area contributed by atoms with Crippen LogP contribution in [0.25, 0.3) is 44.1 Å². The van der Waals surface area contributed by atoms with Gasteiger partial charge in [-0.05, 0) is 107 Å². The van der Waals surface area contributed by atoms with Crippen LogP contribution in [0, 0.1) is 63.5 Å². The smallest absolute Gasteiger partial charge is 0.162 e. The number of hydrogen-bond donors (Lipinski definition) is 1. The first kappa shape index (κ1) is 47.0. The molecule has 8 rings (SSSR count). The molecule has 2 aromatic heterocycles. The van der Waals surface area contributed by atoms with Crippen molar-refractivity contribution in [3.63, 3.8) is 0 Å². The Kier molecular flexibility index (Phi) is 18.4. The van der Waals surface area contributed by atoms with Crippen LogP contribution in [0.1, 0.15) is 135 Å². The van der Waals surface area contributed by atoms with Crippen molar-refractivity contribution in [2.75, 3.05) is 6.67 Å². The second-order valence-electron chi connectivity index (χ2n) is 18.5. The normalized spacial score (nSPS) is 15.4. The minimum Gasteiger partial charge on any atom is -0.512 e. The molecule has 2 saturated carbocycles. The molecule has 2 heterocycles. The fourth-order valence-corrected chi connectivity index (χ4v) is 9.85. The summed E-state index contributed by atoms with van der Waals surface area (Å²) in [5, 5.41) is 13.7. The molecule has 0 saturated heterocycles. The third-order valence-corrected chi connectivity index (χ3v) is 13.3. The van der Waals surface area contributed by atoms with E-state index in [-0.39, 0.29) is 62.1 Å². The number of aryl methyl sites for hydroxylation is 4. The standard InChI is InChI=1S/2C23H24N.C13H23FO2.Ir/c2*1-16-11-17(2)13-21(12-16)23-22-8-7-19(14-18-5-3-4-6-18)15-20(22)9-10-24-23;1-4-10(5-2)12(15)9-13(16)11(6-3)7-8-14;/h2*7-12,15,18H,3-6,14H2,1-2H3;9-11,16H,4-8H2,1-3H3;/q2*-1;;/b;;13-9-;/i9D,10D;10D;;. The summed E-state index contributed by atoms with van der Waals surface area (Å²) in [7, 11) is 0. The summed E-state index contributed by atoms with van der Waals surface area (Å²) in [6.07, 6.45) is 17.2. The maximum absolute atomic E-state index is 12.2. The maximum atomic E-state index is 12.2. The van der Waals surface area contributed by atoms with Crippen molar-refractivity contribution < 1.29 is 38.5 Å². The predicted octanol–water partition coefficient (Wildman–Crippen LogP) is 15.9. The topological polar surface area (TPSA) is 63.1 Å². The van der Waals surface area contributed by atoms with E-state index in [4.69, 9.17) is 4.11 Å². The Labute approximate surface area is 407 Å². The van der Waals surface area contributed by atoms with Gasteiger partial charge in [-0.25, -0.2) is 0 Å². The van der Waals surface area contributed by atoms with Crippen LogP contribution in [0.2, 0.25) is 0 Å². The first-order valence-electron chi connectivity index (χ1n) is 25.5. The van der Waals surface area contributed by atoms with Gasteiger partial charge in [-0.1, -0.05) is 136 Å². The zero-order valence-electron chi connectivity index (χ0n) is 42.8. The van der Waals surface area contributed by atoms with Gasteiger partial charge in [0.1, 0.15) is 0 Å². The Morgan fingerprint density at radius 3 is 1.66 bits per heavy atom. The number of benzene rings is 4. The van der Waals surface area contributed by atoms with Crippen molar-refractivity contribution in [1.82, 2.24) is 9.97 Å². The largest absolute Gasteiger partial charge is 0.512 e. The van der Waals surface area contributed by atoms with E-state index >= 15 is 0 Å². The molecule has 1 N–H and O–H groups in total. The van der Waals surface area contributed by atoms with Gasteiger partial charge in [0.2, 0.25) is 0 Å². The molecule has 347 valence electrons. The Morgan fingerprint density at radius 1 is 0.708 bits per heavy atom. The van der Waals surface area contributed by atoms with Gasteiger partial charge in [-0.3, -0.25) is 9.18 Å². The monoisotopic (exact) mass is 1050 g/mol. The van der Waals surface area contributed by atoms with Gasteiger partial charge in [-0.15, -0.1) is 69.8 Å². The average Bonchev–Trinajstić information content (AvgIpc) is 4.02. The number of nitrogens with zero attached hydrogens (tertiary/aromatic N) is 2.